The van der Waals surface area contributed by atoms with Gasteiger partial charge in [-0.15, -0.1) is 70.1 Å². The van der Waals surface area contributed by atoms with Crippen LogP contribution in [0.3, 0.4) is 0 Å². The molecule has 0 amide bonds. The molecular formula is C52H37IrN8-3. The van der Waals surface area contributed by atoms with Crippen LogP contribution in [0.15, 0.2) is 170 Å². The van der Waals surface area contributed by atoms with Gasteiger partial charge in [-0.2, -0.15) is 0 Å². The third-order valence-electron chi connectivity index (χ3n) is 10.7. The Morgan fingerprint density at radius 1 is 0.492 bits per heavy atom. The van der Waals surface area contributed by atoms with Crippen LogP contribution in [0, 0.1) is 31.7 Å². The van der Waals surface area contributed by atoms with E-state index in [9.17, 15) is 0 Å². The van der Waals surface area contributed by atoms with Gasteiger partial charge in [0.2, 0.25) is 12.7 Å². The standard InChI is InChI=1S/2C22H15N2.C8H7N4.Ir/c2*1-23-15-24(21-13-7-6-12-20(21)23)22-14-16-8-2-3-9-17(16)18-10-4-5-11-19(18)22;1-6-10-8(12-11-6)7-4-2-3-5-9-7;/h2*2-13H,1H3;2-5H,1H3;/q3*-1;. The SMILES string of the molecule is C[n+]1[c-]n(-c2[c-]c3ccccc3c3ccccc23)c2ccccc21.C[n+]1[c-]n(-c2[c-]c3ccccc3c3ccccc23)c2ccccc21.Cc1n[n-]c(-c2ccccn2)n1.[Ir]. The molecule has 1 radical (unpaired) electrons. The number of benzene rings is 8. The molecule has 0 spiro atoms. The van der Waals surface area contributed by atoms with E-state index in [0.717, 1.165) is 49.9 Å². The van der Waals surface area contributed by atoms with Gasteiger partial charge in [-0.05, 0) is 36.3 Å². The van der Waals surface area contributed by atoms with Crippen molar-refractivity contribution in [3.63, 3.8) is 0 Å². The summed E-state index contributed by atoms with van der Waals surface area (Å²) in [7, 11) is 4.06. The molecule has 9 heteroatoms. The first-order valence-corrected chi connectivity index (χ1v) is 19.7. The summed E-state index contributed by atoms with van der Waals surface area (Å²) in [6.07, 6.45) is 8.56. The van der Waals surface area contributed by atoms with Gasteiger partial charge < -0.3 is 28.4 Å². The summed E-state index contributed by atoms with van der Waals surface area (Å²) in [6.45, 7) is 1.80. The van der Waals surface area contributed by atoms with Gasteiger partial charge in [0.1, 0.15) is 0 Å². The number of imidazole rings is 2. The molecule has 8 nitrogen and oxygen atoms in total. The molecule has 0 atom stereocenters. The predicted octanol–water partition coefficient (Wildman–Crippen LogP) is 9.53. The van der Waals surface area contributed by atoms with E-state index in [-0.39, 0.29) is 20.1 Å². The van der Waals surface area contributed by atoms with Crippen molar-refractivity contribution in [2.24, 2.45) is 14.1 Å². The summed E-state index contributed by atoms with van der Waals surface area (Å²) in [5, 5.41) is 17.2. The Bertz CT molecular complexity index is 3300. The van der Waals surface area contributed by atoms with Crippen LogP contribution < -0.4 is 14.2 Å². The van der Waals surface area contributed by atoms with Crippen LogP contribution in [0.5, 0.6) is 0 Å². The van der Waals surface area contributed by atoms with Gasteiger partial charge in [0.25, 0.3) is 0 Å². The minimum absolute atomic E-state index is 0. The molecule has 0 aliphatic carbocycles. The van der Waals surface area contributed by atoms with E-state index >= 15 is 0 Å². The number of fused-ring (bicyclic) bond motifs is 8. The predicted molar refractivity (Wildman–Crippen MR) is 238 cm³/mol. The largest absolute Gasteiger partial charge is 0.421 e. The van der Waals surface area contributed by atoms with Gasteiger partial charge in [-0.1, -0.05) is 137 Å². The van der Waals surface area contributed by atoms with Crippen molar-refractivity contribution in [3.05, 3.63) is 201 Å². The van der Waals surface area contributed by atoms with Crippen LogP contribution in [0.25, 0.3) is 88.0 Å². The molecule has 0 N–H and O–H groups in total. The topological polar surface area (TPSA) is 70.4 Å². The number of hydrogen-bond donors (Lipinski definition) is 0. The van der Waals surface area contributed by atoms with E-state index < -0.39 is 0 Å². The van der Waals surface area contributed by atoms with E-state index in [2.05, 4.69) is 200 Å². The Balaban J connectivity index is 0.000000123. The maximum atomic E-state index is 4.10. The molecule has 4 heterocycles. The first-order chi connectivity index (χ1) is 29.5. The number of rotatable bonds is 3. The summed E-state index contributed by atoms with van der Waals surface area (Å²) in [5.74, 6) is 1.27. The van der Waals surface area contributed by atoms with E-state index in [0.29, 0.717) is 11.6 Å². The van der Waals surface area contributed by atoms with Gasteiger partial charge in [0.15, 0.2) is 0 Å². The van der Waals surface area contributed by atoms with Gasteiger partial charge in [-0.3, -0.25) is 10.1 Å². The molecule has 8 aromatic carbocycles. The molecule has 297 valence electrons. The molecule has 12 aromatic rings. The van der Waals surface area contributed by atoms with E-state index in [1.54, 1.807) is 13.1 Å². The molecular weight excluding hydrogens is 929 g/mol. The number of aromatic nitrogens is 8. The van der Waals surface area contributed by atoms with Crippen LogP contribution in [0.4, 0.5) is 0 Å². The van der Waals surface area contributed by atoms with Crippen molar-refractivity contribution in [2.45, 2.75) is 6.92 Å². The summed E-state index contributed by atoms with van der Waals surface area (Å²) in [6, 6.07) is 63.5. The summed E-state index contributed by atoms with van der Waals surface area (Å²) < 4.78 is 8.30. The van der Waals surface area contributed by atoms with Crippen LogP contribution in [-0.4, -0.2) is 24.2 Å². The number of nitrogens with zero attached hydrogens (tertiary/aromatic N) is 8. The fourth-order valence-corrected chi connectivity index (χ4v) is 7.90. The maximum Gasteiger partial charge on any atom is 0.242 e. The molecule has 0 bridgehead atoms. The van der Waals surface area contributed by atoms with Crippen molar-refractivity contribution in [1.82, 2.24) is 29.3 Å². The Kier molecular flexibility index (Phi) is 10.7. The average molecular weight is 966 g/mol. The Labute approximate surface area is 366 Å². The van der Waals surface area contributed by atoms with Crippen molar-refractivity contribution in [3.8, 4) is 22.9 Å². The number of hydrogen-bond acceptors (Lipinski definition) is 3. The number of aryl methyl sites for hydroxylation is 3. The normalized spacial score (nSPS) is 11.1. The quantitative estimate of drug-likeness (QED) is 0.101. The number of para-hydroxylation sites is 4. The molecule has 0 aliphatic rings. The Hall–Kier alpha value is -7.32. The van der Waals surface area contributed by atoms with Crippen LogP contribution in [-0.2, 0) is 34.2 Å². The molecule has 61 heavy (non-hydrogen) atoms. The van der Waals surface area contributed by atoms with E-state index in [1.165, 1.54) is 32.3 Å². The maximum absolute atomic E-state index is 4.10. The monoisotopic (exact) mass is 966 g/mol. The smallest absolute Gasteiger partial charge is 0.242 e. The fraction of sp³-hybridized carbons (Fsp3) is 0.0577. The molecule has 0 unspecified atom stereocenters. The van der Waals surface area contributed by atoms with Crippen LogP contribution in [0.1, 0.15) is 5.82 Å². The zero-order valence-electron chi connectivity index (χ0n) is 33.6. The van der Waals surface area contributed by atoms with Gasteiger partial charge in [-0.25, -0.2) is 0 Å². The summed E-state index contributed by atoms with van der Waals surface area (Å²) >= 11 is 0. The van der Waals surface area contributed by atoms with E-state index in [4.69, 9.17) is 0 Å². The van der Waals surface area contributed by atoms with E-state index in [1.807, 2.05) is 41.4 Å². The van der Waals surface area contributed by atoms with Gasteiger partial charge >= 0.3 is 0 Å². The second kappa shape index (κ2) is 16.7. The van der Waals surface area contributed by atoms with Crippen LogP contribution in [0.2, 0.25) is 0 Å². The molecule has 0 saturated heterocycles. The minimum atomic E-state index is 0. The Morgan fingerprint density at radius 3 is 1.38 bits per heavy atom. The summed E-state index contributed by atoms with van der Waals surface area (Å²) in [5.41, 5.74) is 7.43. The Morgan fingerprint density at radius 2 is 0.918 bits per heavy atom. The zero-order valence-corrected chi connectivity index (χ0v) is 36.0. The van der Waals surface area contributed by atoms with Gasteiger partial charge in [0.05, 0.1) is 41.9 Å². The minimum Gasteiger partial charge on any atom is -0.421 e. The first kappa shape index (κ1) is 39.2. The summed E-state index contributed by atoms with van der Waals surface area (Å²) in [4.78, 5) is 8.19. The number of pyridine rings is 1. The second-order valence-corrected chi connectivity index (χ2v) is 14.5. The third kappa shape index (κ3) is 7.35. The van der Waals surface area contributed by atoms with Crippen molar-refractivity contribution < 1.29 is 29.2 Å². The van der Waals surface area contributed by atoms with Crippen molar-refractivity contribution in [2.75, 3.05) is 0 Å². The molecule has 0 saturated carbocycles. The van der Waals surface area contributed by atoms with Crippen LogP contribution >= 0.6 is 0 Å². The molecule has 0 aliphatic heterocycles. The zero-order chi connectivity index (χ0) is 40.6. The van der Waals surface area contributed by atoms with Crippen molar-refractivity contribution >= 4 is 65.2 Å². The molecule has 0 fully saturated rings. The average Bonchev–Trinajstić information content (AvgIpc) is 4.01. The van der Waals surface area contributed by atoms with Gasteiger partial charge in [0, 0.05) is 32.1 Å². The second-order valence-electron chi connectivity index (χ2n) is 14.5. The molecule has 12 rings (SSSR count). The molecule has 4 aromatic heterocycles. The fourth-order valence-electron chi connectivity index (χ4n) is 7.90. The third-order valence-corrected chi connectivity index (χ3v) is 10.7. The first-order valence-electron chi connectivity index (χ1n) is 19.7. The van der Waals surface area contributed by atoms with Crippen molar-refractivity contribution in [1.29, 1.82) is 0 Å².